The van der Waals surface area contributed by atoms with Crippen molar-refractivity contribution >= 4 is 23.4 Å². The molecule has 0 atom stereocenters. The van der Waals surface area contributed by atoms with Gasteiger partial charge in [-0.2, -0.15) is 10.1 Å². The number of aromatic nitrogens is 4. The average Bonchev–Trinajstić information content (AvgIpc) is 3.73. The van der Waals surface area contributed by atoms with Crippen molar-refractivity contribution in [1.29, 1.82) is 0 Å². The fraction of sp³-hybridized carbons (Fsp3) is 0.355. The van der Waals surface area contributed by atoms with Crippen molar-refractivity contribution < 1.29 is 9.53 Å². The van der Waals surface area contributed by atoms with E-state index >= 15 is 0 Å². The molecule has 0 amide bonds. The lowest BCUT2D eigenvalue weighted by Crippen LogP contribution is -2.46. The van der Waals surface area contributed by atoms with Crippen LogP contribution in [0, 0.1) is 6.92 Å². The standard InChI is InChI=1S/C31H35N7O2/c1-21-3-10-25(28(17-21)40-2)27(39)18-22-4-6-23(7-5-22)20-37-13-15-38(16-14-37)31-32-12-11-29(34-31)33-30-19-26(35-36-30)24-8-9-24/h3-7,10-12,17,19,24H,8-9,13-16,18,20H2,1-2H3,(H2,32,33,34,35,36). The number of rotatable bonds is 10. The number of nitrogens with one attached hydrogen (secondary N) is 2. The number of piperazine rings is 1. The fourth-order valence-electron chi connectivity index (χ4n) is 5.14. The summed E-state index contributed by atoms with van der Waals surface area (Å²) in [5.41, 5.74) is 5.14. The Balaban J connectivity index is 0.999. The second-order valence-corrected chi connectivity index (χ2v) is 10.7. The molecule has 3 heterocycles. The Morgan fingerprint density at radius 1 is 1.00 bits per heavy atom. The van der Waals surface area contributed by atoms with E-state index in [9.17, 15) is 4.79 Å². The predicted octanol–water partition coefficient (Wildman–Crippen LogP) is 4.89. The van der Waals surface area contributed by atoms with Gasteiger partial charge in [0.1, 0.15) is 11.6 Å². The maximum atomic E-state index is 12.9. The molecular weight excluding hydrogens is 502 g/mol. The number of aromatic amines is 1. The van der Waals surface area contributed by atoms with Crippen LogP contribution in [0.15, 0.2) is 60.8 Å². The molecule has 40 heavy (non-hydrogen) atoms. The van der Waals surface area contributed by atoms with E-state index in [-0.39, 0.29) is 5.78 Å². The molecule has 0 radical (unpaired) electrons. The van der Waals surface area contributed by atoms with Crippen LogP contribution in [0.4, 0.5) is 17.6 Å². The molecule has 1 saturated heterocycles. The van der Waals surface area contributed by atoms with Gasteiger partial charge in [0.15, 0.2) is 11.6 Å². The van der Waals surface area contributed by atoms with Crippen molar-refractivity contribution in [2.24, 2.45) is 0 Å². The van der Waals surface area contributed by atoms with Gasteiger partial charge in [0.05, 0.1) is 12.7 Å². The van der Waals surface area contributed by atoms with Crippen molar-refractivity contribution in [1.82, 2.24) is 25.1 Å². The lowest BCUT2D eigenvalue weighted by molar-refractivity contribution is 0.0990. The summed E-state index contributed by atoms with van der Waals surface area (Å²) in [6.45, 7) is 6.45. The van der Waals surface area contributed by atoms with E-state index in [1.165, 1.54) is 24.1 Å². The lowest BCUT2D eigenvalue weighted by Gasteiger charge is -2.34. The normalized spacial score (nSPS) is 15.7. The van der Waals surface area contributed by atoms with Crippen LogP contribution in [0.2, 0.25) is 0 Å². The van der Waals surface area contributed by atoms with E-state index in [0.29, 0.717) is 23.7 Å². The Morgan fingerprint density at radius 2 is 1.77 bits per heavy atom. The number of carbonyl (C=O) groups is 1. The summed E-state index contributed by atoms with van der Waals surface area (Å²) in [6, 6.07) is 18.0. The second kappa shape index (κ2) is 11.5. The number of hydrogen-bond donors (Lipinski definition) is 2. The molecule has 9 nitrogen and oxygen atoms in total. The van der Waals surface area contributed by atoms with Crippen LogP contribution in [0.1, 0.15) is 51.5 Å². The number of methoxy groups -OCH3 is 1. The molecule has 0 bridgehead atoms. The number of H-pyrrole nitrogens is 1. The molecule has 9 heteroatoms. The highest BCUT2D eigenvalue weighted by molar-refractivity contribution is 6.00. The monoisotopic (exact) mass is 537 g/mol. The first-order valence-corrected chi connectivity index (χ1v) is 13.9. The third-order valence-corrected chi connectivity index (χ3v) is 7.62. The minimum absolute atomic E-state index is 0.0644. The van der Waals surface area contributed by atoms with E-state index in [4.69, 9.17) is 9.72 Å². The first-order chi connectivity index (χ1) is 19.5. The van der Waals surface area contributed by atoms with E-state index in [2.05, 4.69) is 60.6 Å². The number of aryl methyl sites for hydroxylation is 1. The summed E-state index contributed by atoms with van der Waals surface area (Å²) in [6.07, 6.45) is 4.63. The smallest absolute Gasteiger partial charge is 0.227 e. The maximum absolute atomic E-state index is 12.9. The summed E-state index contributed by atoms with van der Waals surface area (Å²) >= 11 is 0. The molecular formula is C31H35N7O2. The van der Waals surface area contributed by atoms with Crippen LogP contribution in [0.25, 0.3) is 0 Å². The average molecular weight is 538 g/mol. The van der Waals surface area contributed by atoms with Gasteiger partial charge in [-0.15, -0.1) is 0 Å². The first kappa shape index (κ1) is 26.0. The number of hydrogen-bond acceptors (Lipinski definition) is 8. The van der Waals surface area contributed by atoms with Crippen LogP contribution >= 0.6 is 0 Å². The molecule has 1 saturated carbocycles. The zero-order chi connectivity index (χ0) is 27.5. The highest BCUT2D eigenvalue weighted by Gasteiger charge is 2.25. The lowest BCUT2D eigenvalue weighted by atomic mass is 10.00. The van der Waals surface area contributed by atoms with Crippen molar-refractivity contribution in [3.8, 4) is 5.75 Å². The second-order valence-electron chi connectivity index (χ2n) is 10.7. The van der Waals surface area contributed by atoms with Gasteiger partial charge in [0.2, 0.25) is 5.95 Å². The van der Waals surface area contributed by atoms with Gasteiger partial charge in [-0.1, -0.05) is 30.3 Å². The topological polar surface area (TPSA) is 99.3 Å². The van der Waals surface area contributed by atoms with Crippen LogP contribution < -0.4 is 15.0 Å². The van der Waals surface area contributed by atoms with Crippen LogP contribution in [-0.4, -0.2) is 64.1 Å². The number of nitrogens with zero attached hydrogens (tertiary/aromatic N) is 5. The highest BCUT2D eigenvalue weighted by Crippen LogP contribution is 2.39. The quantitative estimate of drug-likeness (QED) is 0.276. The molecule has 0 unspecified atom stereocenters. The Kier molecular flexibility index (Phi) is 7.46. The van der Waals surface area contributed by atoms with Crippen LogP contribution in [0.5, 0.6) is 5.75 Å². The van der Waals surface area contributed by atoms with Crippen LogP contribution in [0.3, 0.4) is 0 Å². The Bertz CT molecular complexity index is 1470. The Hall–Kier alpha value is -4.24. The molecule has 1 aliphatic carbocycles. The van der Waals surface area contributed by atoms with E-state index in [0.717, 1.165) is 61.4 Å². The van der Waals surface area contributed by atoms with Gasteiger partial charge in [-0.25, -0.2) is 4.98 Å². The zero-order valence-corrected chi connectivity index (χ0v) is 23.1. The number of ether oxygens (including phenoxy) is 1. The first-order valence-electron chi connectivity index (χ1n) is 13.9. The number of benzene rings is 2. The highest BCUT2D eigenvalue weighted by atomic mass is 16.5. The molecule has 2 aliphatic rings. The molecule has 4 aromatic rings. The molecule has 1 aliphatic heterocycles. The molecule has 0 spiro atoms. The maximum Gasteiger partial charge on any atom is 0.227 e. The number of carbonyl (C=O) groups excluding carboxylic acids is 1. The van der Waals surface area contributed by atoms with Crippen molar-refractivity contribution in [2.75, 3.05) is 43.5 Å². The number of ketones is 1. The van der Waals surface area contributed by atoms with Gasteiger partial charge in [0, 0.05) is 63.0 Å². The van der Waals surface area contributed by atoms with Gasteiger partial charge >= 0.3 is 0 Å². The van der Waals surface area contributed by atoms with Crippen molar-refractivity contribution in [3.05, 3.63) is 88.7 Å². The summed E-state index contributed by atoms with van der Waals surface area (Å²) < 4.78 is 5.42. The van der Waals surface area contributed by atoms with Crippen LogP contribution in [-0.2, 0) is 13.0 Å². The molecule has 6 rings (SSSR count). The zero-order valence-electron chi connectivity index (χ0n) is 23.1. The molecule has 206 valence electrons. The summed E-state index contributed by atoms with van der Waals surface area (Å²) in [5, 5.41) is 10.8. The van der Waals surface area contributed by atoms with Gasteiger partial charge < -0.3 is 15.0 Å². The number of Topliss-reactive ketones (excluding diaryl/α,β-unsaturated/α-hetero) is 1. The fourth-order valence-corrected chi connectivity index (χ4v) is 5.14. The largest absolute Gasteiger partial charge is 0.496 e. The molecule has 2 fully saturated rings. The SMILES string of the molecule is COc1cc(C)ccc1C(=O)Cc1ccc(CN2CCN(c3nccc(Nc4cc(C5CC5)[nH]n4)n3)CC2)cc1. The molecule has 2 aromatic carbocycles. The Labute approximate surface area is 234 Å². The minimum Gasteiger partial charge on any atom is -0.496 e. The van der Waals surface area contributed by atoms with Crippen molar-refractivity contribution in [3.63, 3.8) is 0 Å². The Morgan fingerprint density at radius 3 is 2.52 bits per heavy atom. The minimum atomic E-state index is 0.0644. The third-order valence-electron chi connectivity index (χ3n) is 7.62. The van der Waals surface area contributed by atoms with Crippen molar-refractivity contribution in [2.45, 2.75) is 38.6 Å². The van der Waals surface area contributed by atoms with Gasteiger partial charge in [0.25, 0.3) is 0 Å². The third kappa shape index (κ3) is 6.15. The predicted molar refractivity (Wildman–Crippen MR) is 156 cm³/mol. The van der Waals surface area contributed by atoms with E-state index < -0.39 is 0 Å². The summed E-state index contributed by atoms with van der Waals surface area (Å²) in [5.74, 6) is 3.61. The van der Waals surface area contributed by atoms with Gasteiger partial charge in [-0.3, -0.25) is 14.8 Å². The molecule has 2 N–H and O–H groups in total. The summed E-state index contributed by atoms with van der Waals surface area (Å²) in [4.78, 5) is 26.8. The van der Waals surface area contributed by atoms with E-state index in [1.54, 1.807) is 13.3 Å². The van der Waals surface area contributed by atoms with E-state index in [1.807, 2.05) is 31.2 Å². The van der Waals surface area contributed by atoms with Gasteiger partial charge in [-0.05, 0) is 54.7 Å². The molecule has 2 aromatic heterocycles. The number of anilines is 3. The summed E-state index contributed by atoms with van der Waals surface area (Å²) in [7, 11) is 1.61.